The van der Waals surface area contributed by atoms with Crippen molar-refractivity contribution in [3.63, 3.8) is 0 Å². The van der Waals surface area contributed by atoms with Crippen LogP contribution in [0.2, 0.25) is 0 Å². The number of esters is 1. The highest BCUT2D eigenvalue weighted by Crippen LogP contribution is 2.31. The standard InChI is InChI=1S/C12H18N2O4/c1-2-18-11(16)10(14-13)9(15)8-12(17)6-4-3-5-7-12/h17H,2-8H2,1H3. The van der Waals surface area contributed by atoms with Gasteiger partial charge in [-0.05, 0) is 19.8 Å². The summed E-state index contributed by atoms with van der Waals surface area (Å²) in [6.07, 6.45) is 3.60. The molecule has 0 amide bonds. The Morgan fingerprint density at radius 2 is 1.94 bits per heavy atom. The van der Waals surface area contributed by atoms with Gasteiger partial charge in [0.05, 0.1) is 12.2 Å². The highest BCUT2D eigenvalue weighted by molar-refractivity contribution is 6.62. The number of carbonyl (C=O) groups excluding carboxylic acids is 2. The second kappa shape index (κ2) is 6.42. The lowest BCUT2D eigenvalue weighted by Gasteiger charge is -2.30. The van der Waals surface area contributed by atoms with Crippen LogP contribution in [0.3, 0.4) is 0 Å². The summed E-state index contributed by atoms with van der Waals surface area (Å²) in [6, 6.07) is 0. The second-order valence-corrected chi connectivity index (χ2v) is 4.55. The van der Waals surface area contributed by atoms with Gasteiger partial charge >= 0.3 is 11.7 Å². The molecule has 0 bridgehead atoms. The number of carbonyl (C=O) groups is 2. The molecule has 0 aromatic heterocycles. The third-order valence-corrected chi connectivity index (χ3v) is 3.11. The lowest BCUT2D eigenvalue weighted by molar-refractivity contribution is -0.142. The molecule has 6 heteroatoms. The maximum Gasteiger partial charge on any atom is 0.441 e. The van der Waals surface area contributed by atoms with Crippen LogP contribution in [0.5, 0.6) is 0 Å². The van der Waals surface area contributed by atoms with E-state index in [2.05, 4.69) is 9.53 Å². The molecule has 0 spiro atoms. The molecule has 18 heavy (non-hydrogen) atoms. The summed E-state index contributed by atoms with van der Waals surface area (Å²) in [6.45, 7) is 1.68. The number of nitrogens with zero attached hydrogens (tertiary/aromatic N) is 2. The predicted octanol–water partition coefficient (Wildman–Crippen LogP) is 0.875. The summed E-state index contributed by atoms with van der Waals surface area (Å²) in [5, 5.41) is 10.2. The number of ketones is 1. The minimum atomic E-state index is -1.09. The molecule has 0 aromatic carbocycles. The summed E-state index contributed by atoms with van der Waals surface area (Å²) in [5.41, 5.74) is 6.96. The molecular formula is C12H18N2O4. The number of hydrogen-bond acceptors (Lipinski definition) is 4. The van der Waals surface area contributed by atoms with E-state index >= 15 is 0 Å². The Morgan fingerprint density at radius 3 is 2.44 bits per heavy atom. The first-order chi connectivity index (χ1) is 8.52. The third kappa shape index (κ3) is 3.75. The van der Waals surface area contributed by atoms with Crippen molar-refractivity contribution in [1.82, 2.24) is 0 Å². The van der Waals surface area contributed by atoms with Gasteiger partial charge < -0.3 is 15.4 Å². The van der Waals surface area contributed by atoms with Crippen molar-refractivity contribution in [2.45, 2.75) is 51.0 Å². The molecular weight excluding hydrogens is 236 g/mol. The normalized spacial score (nSPS) is 17.7. The number of ether oxygens (including phenoxy) is 1. The van der Waals surface area contributed by atoms with E-state index in [4.69, 9.17) is 5.53 Å². The van der Waals surface area contributed by atoms with Crippen molar-refractivity contribution in [3.8, 4) is 0 Å². The molecule has 1 aliphatic rings. The molecule has 0 heterocycles. The van der Waals surface area contributed by atoms with Crippen molar-refractivity contribution < 1.29 is 24.2 Å². The zero-order chi connectivity index (χ0) is 13.6. The van der Waals surface area contributed by atoms with E-state index in [1.807, 2.05) is 0 Å². The van der Waals surface area contributed by atoms with Crippen molar-refractivity contribution >= 4 is 17.5 Å². The Hall–Kier alpha value is -1.52. The topological polar surface area (TPSA) is 100 Å². The van der Waals surface area contributed by atoms with Crippen LogP contribution in [0.1, 0.15) is 45.4 Å². The SMILES string of the molecule is CCOC(=O)C(=[N+]=[N-])C(=O)CC1(O)CCCCC1. The average molecular weight is 254 g/mol. The molecule has 0 aliphatic heterocycles. The van der Waals surface area contributed by atoms with E-state index in [1.165, 1.54) is 0 Å². The lowest BCUT2D eigenvalue weighted by Crippen LogP contribution is -2.38. The van der Waals surface area contributed by atoms with Crippen molar-refractivity contribution in [3.05, 3.63) is 5.53 Å². The minimum absolute atomic E-state index is 0.0927. The summed E-state index contributed by atoms with van der Waals surface area (Å²) >= 11 is 0. The molecule has 0 saturated heterocycles. The Kier molecular flexibility index (Phi) is 5.19. The second-order valence-electron chi connectivity index (χ2n) is 4.55. The Balaban J connectivity index is 2.68. The van der Waals surface area contributed by atoms with E-state index in [1.54, 1.807) is 6.92 Å². The van der Waals surface area contributed by atoms with Gasteiger partial charge in [0.1, 0.15) is 0 Å². The minimum Gasteiger partial charge on any atom is -0.457 e. The predicted molar refractivity (Wildman–Crippen MR) is 62.9 cm³/mol. The molecule has 100 valence electrons. The van der Waals surface area contributed by atoms with Gasteiger partial charge in [-0.2, -0.15) is 4.79 Å². The molecule has 1 fully saturated rings. The fourth-order valence-corrected chi connectivity index (χ4v) is 2.18. The van der Waals surface area contributed by atoms with E-state index in [9.17, 15) is 14.7 Å². The Labute approximate surface area is 106 Å². The summed E-state index contributed by atoms with van der Waals surface area (Å²) < 4.78 is 4.61. The van der Waals surface area contributed by atoms with Crippen LogP contribution >= 0.6 is 0 Å². The fourth-order valence-electron chi connectivity index (χ4n) is 2.18. The van der Waals surface area contributed by atoms with Crippen LogP contribution in [-0.4, -0.2) is 39.6 Å². The molecule has 1 rings (SSSR count). The quantitative estimate of drug-likeness (QED) is 0.259. The molecule has 6 nitrogen and oxygen atoms in total. The van der Waals surface area contributed by atoms with E-state index in [0.717, 1.165) is 19.3 Å². The van der Waals surface area contributed by atoms with Gasteiger partial charge in [-0.1, -0.05) is 19.3 Å². The molecule has 1 N–H and O–H groups in total. The number of Topliss-reactive ketones (excluding diaryl/α,β-unsaturated/α-hetero) is 1. The van der Waals surface area contributed by atoms with Gasteiger partial charge in [0.15, 0.2) is 0 Å². The zero-order valence-electron chi connectivity index (χ0n) is 10.5. The van der Waals surface area contributed by atoms with E-state index < -0.39 is 23.1 Å². The van der Waals surface area contributed by atoms with E-state index in [-0.39, 0.29) is 13.0 Å². The van der Waals surface area contributed by atoms with Crippen LogP contribution in [-0.2, 0) is 14.3 Å². The summed E-state index contributed by atoms with van der Waals surface area (Å²) in [5.74, 6) is -1.63. The maximum atomic E-state index is 11.8. The molecule has 0 unspecified atom stereocenters. The molecule has 1 saturated carbocycles. The Morgan fingerprint density at radius 1 is 1.33 bits per heavy atom. The van der Waals surface area contributed by atoms with Crippen LogP contribution in [0.4, 0.5) is 0 Å². The summed E-state index contributed by atoms with van der Waals surface area (Å²) in [7, 11) is 0. The average Bonchev–Trinajstić information content (AvgIpc) is 2.30. The largest absolute Gasteiger partial charge is 0.457 e. The fraction of sp³-hybridized carbons (Fsp3) is 0.750. The van der Waals surface area contributed by atoms with Gasteiger partial charge in [0, 0.05) is 6.42 Å². The maximum absolute atomic E-state index is 11.8. The molecule has 1 aliphatic carbocycles. The van der Waals surface area contributed by atoms with Crippen LogP contribution < -0.4 is 0 Å². The first kappa shape index (κ1) is 14.5. The Bertz CT molecular complexity index is 380. The van der Waals surface area contributed by atoms with Gasteiger partial charge in [-0.15, -0.1) is 0 Å². The van der Waals surface area contributed by atoms with Gasteiger partial charge in [0.25, 0.3) is 5.78 Å². The highest BCUT2D eigenvalue weighted by Gasteiger charge is 2.39. The van der Waals surface area contributed by atoms with Crippen LogP contribution in [0.15, 0.2) is 0 Å². The van der Waals surface area contributed by atoms with Crippen molar-refractivity contribution in [1.29, 1.82) is 0 Å². The third-order valence-electron chi connectivity index (χ3n) is 3.11. The van der Waals surface area contributed by atoms with E-state index in [0.29, 0.717) is 12.8 Å². The van der Waals surface area contributed by atoms with Gasteiger partial charge in [-0.25, -0.2) is 4.79 Å². The van der Waals surface area contributed by atoms with Gasteiger partial charge in [-0.3, -0.25) is 4.79 Å². The smallest absolute Gasteiger partial charge is 0.441 e. The number of rotatable bonds is 5. The summed E-state index contributed by atoms with van der Waals surface area (Å²) in [4.78, 5) is 25.8. The van der Waals surface area contributed by atoms with Crippen LogP contribution in [0, 0.1) is 0 Å². The zero-order valence-corrected chi connectivity index (χ0v) is 10.5. The highest BCUT2D eigenvalue weighted by atomic mass is 16.5. The molecule has 0 radical (unpaired) electrons. The van der Waals surface area contributed by atoms with Crippen LogP contribution in [0.25, 0.3) is 5.53 Å². The van der Waals surface area contributed by atoms with Crippen molar-refractivity contribution in [2.24, 2.45) is 0 Å². The first-order valence-corrected chi connectivity index (χ1v) is 6.17. The monoisotopic (exact) mass is 254 g/mol. The van der Waals surface area contributed by atoms with Crippen molar-refractivity contribution in [2.75, 3.05) is 6.61 Å². The number of hydrogen-bond donors (Lipinski definition) is 1. The molecule has 0 atom stereocenters. The molecule has 0 aromatic rings. The van der Waals surface area contributed by atoms with Gasteiger partial charge in [0.2, 0.25) is 0 Å². The first-order valence-electron chi connectivity index (χ1n) is 6.17. The number of aliphatic hydroxyl groups is 1. The lowest BCUT2D eigenvalue weighted by atomic mass is 9.81.